The van der Waals surface area contributed by atoms with Crippen molar-refractivity contribution in [2.24, 2.45) is 0 Å². The van der Waals surface area contributed by atoms with E-state index in [0.29, 0.717) is 19.0 Å². The Morgan fingerprint density at radius 1 is 1.41 bits per heavy atom. The maximum Gasteiger partial charge on any atom is 0.226 e. The molecule has 0 radical (unpaired) electrons. The Balaban J connectivity index is 1.85. The van der Waals surface area contributed by atoms with Crippen LogP contribution in [0.25, 0.3) is 0 Å². The van der Waals surface area contributed by atoms with Gasteiger partial charge >= 0.3 is 0 Å². The lowest BCUT2D eigenvalue weighted by Gasteiger charge is -2.35. The Bertz CT molecular complexity index is 538. The van der Waals surface area contributed by atoms with Crippen molar-refractivity contribution in [3.05, 3.63) is 23.8 Å². The molecule has 0 saturated carbocycles. The molecule has 2 atom stereocenters. The van der Waals surface area contributed by atoms with E-state index < -0.39 is 0 Å². The second kappa shape index (κ2) is 6.69. The fraction of sp³-hybridized carbons (Fsp3) is 0.611. The van der Waals surface area contributed by atoms with E-state index in [9.17, 15) is 4.79 Å². The molecule has 4 heteroatoms. The van der Waals surface area contributed by atoms with Gasteiger partial charge in [0.2, 0.25) is 5.91 Å². The molecule has 1 N–H and O–H groups in total. The maximum atomic E-state index is 12.3. The molecule has 0 aliphatic carbocycles. The van der Waals surface area contributed by atoms with Crippen LogP contribution in [0.1, 0.15) is 45.1 Å². The van der Waals surface area contributed by atoms with Gasteiger partial charge in [-0.2, -0.15) is 0 Å². The summed E-state index contributed by atoms with van der Waals surface area (Å²) in [5, 5.41) is 3.53. The molecular formula is C18H26N2O2. The van der Waals surface area contributed by atoms with Gasteiger partial charge in [0, 0.05) is 12.5 Å². The van der Waals surface area contributed by atoms with Crippen LogP contribution in [0.4, 0.5) is 5.69 Å². The highest BCUT2D eigenvalue weighted by molar-refractivity contribution is 5.95. The van der Waals surface area contributed by atoms with E-state index in [1.807, 2.05) is 17.9 Å². The molecule has 2 unspecified atom stereocenters. The fourth-order valence-electron chi connectivity index (χ4n) is 3.37. The summed E-state index contributed by atoms with van der Waals surface area (Å²) in [5.74, 6) is 1.03. The monoisotopic (exact) mass is 302 g/mol. The van der Waals surface area contributed by atoms with Crippen LogP contribution in [-0.2, 0) is 11.2 Å². The fourth-order valence-corrected chi connectivity index (χ4v) is 3.37. The summed E-state index contributed by atoms with van der Waals surface area (Å²) in [6.07, 6.45) is 5.08. The van der Waals surface area contributed by atoms with Gasteiger partial charge in [0.05, 0.1) is 12.2 Å². The van der Waals surface area contributed by atoms with Crippen LogP contribution in [0.15, 0.2) is 18.2 Å². The van der Waals surface area contributed by atoms with Gasteiger partial charge in [0.1, 0.15) is 11.9 Å². The van der Waals surface area contributed by atoms with E-state index in [1.165, 1.54) is 18.4 Å². The SMILES string of the molecule is CCC(=O)N1CC(CC)Oc2ccc(CC3CCCN3)cc21. The Morgan fingerprint density at radius 3 is 2.95 bits per heavy atom. The van der Waals surface area contributed by atoms with Crippen molar-refractivity contribution in [2.45, 2.75) is 58.1 Å². The van der Waals surface area contributed by atoms with E-state index in [0.717, 1.165) is 30.8 Å². The Morgan fingerprint density at radius 2 is 2.27 bits per heavy atom. The average molecular weight is 302 g/mol. The lowest BCUT2D eigenvalue weighted by Crippen LogP contribution is -2.43. The normalized spacial score (nSPS) is 24.0. The third kappa shape index (κ3) is 3.12. The summed E-state index contributed by atoms with van der Waals surface area (Å²) in [6, 6.07) is 6.90. The predicted octanol–water partition coefficient (Wildman–Crippen LogP) is 2.90. The summed E-state index contributed by atoms with van der Waals surface area (Å²) in [6.45, 7) is 5.81. The summed E-state index contributed by atoms with van der Waals surface area (Å²) in [7, 11) is 0. The quantitative estimate of drug-likeness (QED) is 0.930. The molecule has 4 nitrogen and oxygen atoms in total. The number of carbonyl (C=O) groups is 1. The second-order valence-corrected chi connectivity index (χ2v) is 6.31. The van der Waals surface area contributed by atoms with E-state index in [1.54, 1.807) is 0 Å². The highest BCUT2D eigenvalue weighted by Crippen LogP contribution is 2.35. The average Bonchev–Trinajstić information content (AvgIpc) is 3.06. The third-order valence-corrected chi connectivity index (χ3v) is 4.70. The number of nitrogens with zero attached hydrogens (tertiary/aromatic N) is 1. The van der Waals surface area contributed by atoms with Crippen molar-refractivity contribution in [1.29, 1.82) is 0 Å². The largest absolute Gasteiger partial charge is 0.486 e. The van der Waals surface area contributed by atoms with Gasteiger partial charge in [-0.05, 0) is 49.9 Å². The minimum atomic E-state index is 0.102. The van der Waals surface area contributed by atoms with E-state index >= 15 is 0 Å². The molecule has 2 aliphatic rings. The minimum absolute atomic E-state index is 0.102. The molecule has 0 aromatic heterocycles. The molecule has 1 fully saturated rings. The van der Waals surface area contributed by atoms with Crippen LogP contribution in [0.5, 0.6) is 5.75 Å². The first-order chi connectivity index (χ1) is 10.7. The zero-order valence-electron chi connectivity index (χ0n) is 13.6. The first kappa shape index (κ1) is 15.3. The molecule has 1 aromatic rings. The summed E-state index contributed by atoms with van der Waals surface area (Å²) >= 11 is 0. The number of rotatable bonds is 4. The van der Waals surface area contributed by atoms with Crippen LogP contribution in [-0.4, -0.2) is 31.1 Å². The second-order valence-electron chi connectivity index (χ2n) is 6.31. The van der Waals surface area contributed by atoms with Crippen molar-refractivity contribution in [3.8, 4) is 5.75 Å². The van der Waals surface area contributed by atoms with Crippen molar-refractivity contribution in [3.63, 3.8) is 0 Å². The van der Waals surface area contributed by atoms with Crippen molar-refractivity contribution < 1.29 is 9.53 Å². The zero-order chi connectivity index (χ0) is 15.5. The number of amides is 1. The molecule has 120 valence electrons. The van der Waals surface area contributed by atoms with Crippen molar-refractivity contribution >= 4 is 11.6 Å². The molecule has 2 heterocycles. The Kier molecular flexibility index (Phi) is 4.67. The molecule has 0 spiro atoms. The molecule has 1 saturated heterocycles. The topological polar surface area (TPSA) is 41.6 Å². The maximum absolute atomic E-state index is 12.3. The molecule has 0 bridgehead atoms. The van der Waals surface area contributed by atoms with E-state index in [4.69, 9.17) is 4.74 Å². The Hall–Kier alpha value is -1.55. The van der Waals surface area contributed by atoms with E-state index in [2.05, 4.69) is 24.4 Å². The standard InChI is InChI=1S/C18H26N2O2/c1-3-15-12-20(18(21)4-2)16-11-13(7-8-17(16)22-15)10-14-6-5-9-19-14/h7-8,11,14-15,19H,3-6,9-10,12H2,1-2H3. The molecule has 2 aliphatic heterocycles. The lowest BCUT2D eigenvalue weighted by atomic mass is 10.0. The van der Waals surface area contributed by atoms with Gasteiger partial charge < -0.3 is 15.0 Å². The number of fused-ring (bicyclic) bond motifs is 1. The predicted molar refractivity (Wildman–Crippen MR) is 88.5 cm³/mol. The molecule has 1 aromatic carbocycles. The van der Waals surface area contributed by atoms with Gasteiger partial charge in [-0.15, -0.1) is 0 Å². The van der Waals surface area contributed by atoms with Crippen LogP contribution in [0, 0.1) is 0 Å². The van der Waals surface area contributed by atoms with Crippen LogP contribution >= 0.6 is 0 Å². The summed E-state index contributed by atoms with van der Waals surface area (Å²) < 4.78 is 6.02. The number of hydrogen-bond acceptors (Lipinski definition) is 3. The van der Waals surface area contributed by atoms with Gasteiger partial charge in [-0.25, -0.2) is 0 Å². The zero-order valence-corrected chi connectivity index (χ0v) is 13.6. The third-order valence-electron chi connectivity index (χ3n) is 4.70. The van der Waals surface area contributed by atoms with Gasteiger partial charge in [-0.3, -0.25) is 4.79 Å². The molecular weight excluding hydrogens is 276 g/mol. The van der Waals surface area contributed by atoms with Crippen molar-refractivity contribution in [1.82, 2.24) is 5.32 Å². The summed E-state index contributed by atoms with van der Waals surface area (Å²) in [4.78, 5) is 14.2. The molecule has 1 amide bonds. The van der Waals surface area contributed by atoms with E-state index in [-0.39, 0.29) is 12.0 Å². The first-order valence-electron chi connectivity index (χ1n) is 8.54. The number of benzene rings is 1. The van der Waals surface area contributed by atoms with Gasteiger partial charge in [0.25, 0.3) is 0 Å². The molecule has 22 heavy (non-hydrogen) atoms. The number of hydrogen-bond donors (Lipinski definition) is 1. The highest BCUT2D eigenvalue weighted by atomic mass is 16.5. The minimum Gasteiger partial charge on any atom is -0.486 e. The number of anilines is 1. The van der Waals surface area contributed by atoms with Crippen LogP contribution < -0.4 is 15.0 Å². The van der Waals surface area contributed by atoms with Crippen LogP contribution in [0.3, 0.4) is 0 Å². The number of carbonyl (C=O) groups excluding carboxylic acids is 1. The lowest BCUT2D eigenvalue weighted by molar-refractivity contribution is -0.118. The number of ether oxygens (including phenoxy) is 1. The smallest absolute Gasteiger partial charge is 0.226 e. The summed E-state index contributed by atoms with van der Waals surface area (Å²) in [5.41, 5.74) is 2.23. The first-order valence-corrected chi connectivity index (χ1v) is 8.54. The highest BCUT2D eigenvalue weighted by Gasteiger charge is 2.28. The number of nitrogens with one attached hydrogen (secondary N) is 1. The van der Waals surface area contributed by atoms with Crippen molar-refractivity contribution in [2.75, 3.05) is 18.0 Å². The van der Waals surface area contributed by atoms with Crippen LogP contribution in [0.2, 0.25) is 0 Å². The molecule has 3 rings (SSSR count). The van der Waals surface area contributed by atoms with Gasteiger partial charge in [0.15, 0.2) is 0 Å². The Labute approximate surface area is 132 Å². The van der Waals surface area contributed by atoms with Gasteiger partial charge in [-0.1, -0.05) is 19.9 Å².